The molecule has 1 amide bonds. The van der Waals surface area contributed by atoms with Crippen molar-refractivity contribution in [3.05, 3.63) is 47.9 Å². The minimum atomic E-state index is -0.442. The van der Waals surface area contributed by atoms with Gasteiger partial charge in [-0.05, 0) is 26.1 Å². The van der Waals surface area contributed by atoms with E-state index in [4.69, 9.17) is 15.2 Å². The van der Waals surface area contributed by atoms with Crippen LogP contribution in [0.25, 0.3) is 0 Å². The maximum absolute atomic E-state index is 11.8. The Morgan fingerprint density at radius 2 is 2.05 bits per heavy atom. The molecule has 0 saturated carbocycles. The molecule has 1 aliphatic rings. The first-order valence-electron chi connectivity index (χ1n) is 6.53. The van der Waals surface area contributed by atoms with Gasteiger partial charge in [0.1, 0.15) is 12.0 Å². The van der Waals surface area contributed by atoms with Crippen molar-refractivity contribution in [1.82, 2.24) is 4.90 Å². The Kier molecular flexibility index (Phi) is 4.63. The van der Waals surface area contributed by atoms with Crippen LogP contribution in [0.1, 0.15) is 5.56 Å². The number of ether oxygens (including phenoxy) is 2. The van der Waals surface area contributed by atoms with Gasteiger partial charge in [0, 0.05) is 5.92 Å². The van der Waals surface area contributed by atoms with E-state index >= 15 is 0 Å². The third-order valence-electron chi connectivity index (χ3n) is 3.39. The standard InChI is InChI=1S/C15H20N2O3/c1-17(2)14(15(16)18)12(13-9-19-10-20-13)8-11-6-4-3-5-7-11/h3-7,9,12,14H,8,10H2,1-2H3,(H2,16,18). The highest BCUT2D eigenvalue weighted by atomic mass is 16.7. The first kappa shape index (κ1) is 14.4. The Balaban J connectivity index is 2.26. The number of primary amides is 1. The predicted molar refractivity (Wildman–Crippen MR) is 75.4 cm³/mol. The molecule has 0 fully saturated rings. The molecule has 0 saturated heterocycles. The minimum absolute atomic E-state index is 0.160. The highest BCUT2D eigenvalue weighted by Crippen LogP contribution is 2.27. The fourth-order valence-corrected chi connectivity index (χ4v) is 2.50. The van der Waals surface area contributed by atoms with Crippen molar-refractivity contribution < 1.29 is 14.3 Å². The van der Waals surface area contributed by atoms with E-state index in [0.717, 1.165) is 5.56 Å². The monoisotopic (exact) mass is 276 g/mol. The zero-order valence-electron chi connectivity index (χ0n) is 11.8. The van der Waals surface area contributed by atoms with Gasteiger partial charge in [-0.15, -0.1) is 0 Å². The number of hydrogen-bond donors (Lipinski definition) is 1. The number of rotatable bonds is 6. The van der Waals surface area contributed by atoms with Crippen LogP contribution >= 0.6 is 0 Å². The largest absolute Gasteiger partial charge is 0.462 e. The van der Waals surface area contributed by atoms with Crippen LogP contribution in [-0.4, -0.2) is 37.7 Å². The number of likely N-dealkylation sites (N-methyl/N-ethyl adjacent to an activating group) is 1. The van der Waals surface area contributed by atoms with Crippen molar-refractivity contribution in [1.29, 1.82) is 0 Å². The number of carbonyl (C=O) groups is 1. The zero-order chi connectivity index (χ0) is 14.5. The highest BCUT2D eigenvalue weighted by Gasteiger charge is 2.34. The third kappa shape index (κ3) is 3.30. The van der Waals surface area contributed by atoms with E-state index in [1.807, 2.05) is 49.3 Å². The van der Waals surface area contributed by atoms with Crippen LogP contribution in [0, 0.1) is 5.92 Å². The fourth-order valence-electron chi connectivity index (χ4n) is 2.50. The van der Waals surface area contributed by atoms with Crippen molar-refractivity contribution in [2.75, 3.05) is 20.9 Å². The van der Waals surface area contributed by atoms with Gasteiger partial charge in [0.05, 0.1) is 6.04 Å². The van der Waals surface area contributed by atoms with E-state index < -0.39 is 6.04 Å². The molecular formula is C15H20N2O3. The van der Waals surface area contributed by atoms with Crippen molar-refractivity contribution in [3.8, 4) is 0 Å². The predicted octanol–water partition coefficient (Wildman–Crippen LogP) is 1.11. The van der Waals surface area contributed by atoms with Crippen LogP contribution in [0.5, 0.6) is 0 Å². The Morgan fingerprint density at radius 3 is 2.55 bits per heavy atom. The second-order valence-electron chi connectivity index (χ2n) is 5.06. The molecule has 5 nitrogen and oxygen atoms in total. The molecule has 0 aliphatic carbocycles. The Bertz CT molecular complexity index is 485. The molecule has 1 aromatic rings. The topological polar surface area (TPSA) is 64.8 Å². The molecule has 2 atom stereocenters. The Morgan fingerprint density at radius 1 is 1.35 bits per heavy atom. The van der Waals surface area contributed by atoms with E-state index in [1.165, 1.54) is 0 Å². The number of hydrogen-bond acceptors (Lipinski definition) is 4. The molecule has 0 aromatic heterocycles. The third-order valence-corrected chi connectivity index (χ3v) is 3.39. The molecule has 20 heavy (non-hydrogen) atoms. The quantitative estimate of drug-likeness (QED) is 0.845. The van der Waals surface area contributed by atoms with Gasteiger partial charge in [-0.3, -0.25) is 9.69 Å². The van der Waals surface area contributed by atoms with Crippen molar-refractivity contribution in [2.24, 2.45) is 11.7 Å². The summed E-state index contributed by atoms with van der Waals surface area (Å²) in [5.41, 5.74) is 6.68. The van der Waals surface area contributed by atoms with Gasteiger partial charge < -0.3 is 15.2 Å². The molecule has 1 aliphatic heterocycles. The van der Waals surface area contributed by atoms with Gasteiger partial charge in [-0.25, -0.2) is 0 Å². The van der Waals surface area contributed by atoms with Crippen LogP contribution < -0.4 is 5.73 Å². The van der Waals surface area contributed by atoms with Crippen LogP contribution in [0.3, 0.4) is 0 Å². The summed E-state index contributed by atoms with van der Waals surface area (Å²) in [5, 5.41) is 0. The highest BCUT2D eigenvalue weighted by molar-refractivity contribution is 5.80. The number of nitrogens with zero attached hydrogens (tertiary/aromatic N) is 1. The van der Waals surface area contributed by atoms with Gasteiger partial charge in [0.25, 0.3) is 0 Å². The van der Waals surface area contributed by atoms with Gasteiger partial charge in [0.2, 0.25) is 12.7 Å². The summed E-state index contributed by atoms with van der Waals surface area (Å²) in [4.78, 5) is 13.6. The molecule has 5 heteroatoms. The second kappa shape index (κ2) is 6.43. The number of carbonyl (C=O) groups excluding carboxylic acids is 1. The SMILES string of the molecule is CN(C)C(C(N)=O)C(Cc1ccccc1)C1=COCO1. The second-order valence-corrected chi connectivity index (χ2v) is 5.06. The smallest absolute Gasteiger partial charge is 0.235 e. The van der Waals surface area contributed by atoms with E-state index in [2.05, 4.69) is 0 Å². The van der Waals surface area contributed by atoms with Gasteiger partial charge >= 0.3 is 0 Å². The normalized spacial score (nSPS) is 17.1. The van der Waals surface area contributed by atoms with Crippen molar-refractivity contribution in [3.63, 3.8) is 0 Å². The summed E-state index contributed by atoms with van der Waals surface area (Å²) < 4.78 is 10.6. The maximum atomic E-state index is 11.8. The summed E-state index contributed by atoms with van der Waals surface area (Å²) >= 11 is 0. The van der Waals surface area contributed by atoms with Crippen molar-refractivity contribution >= 4 is 5.91 Å². The molecule has 1 aromatic carbocycles. The first-order chi connectivity index (χ1) is 9.59. The molecule has 0 bridgehead atoms. The molecule has 108 valence electrons. The first-order valence-corrected chi connectivity index (χ1v) is 6.53. The summed E-state index contributed by atoms with van der Waals surface area (Å²) in [6.07, 6.45) is 2.24. The Hall–Kier alpha value is -2.01. The number of benzene rings is 1. The lowest BCUT2D eigenvalue weighted by atomic mass is 9.89. The average molecular weight is 276 g/mol. The van der Waals surface area contributed by atoms with E-state index in [1.54, 1.807) is 6.26 Å². The molecule has 0 radical (unpaired) electrons. The maximum Gasteiger partial charge on any atom is 0.235 e. The zero-order valence-corrected chi connectivity index (χ0v) is 11.8. The van der Waals surface area contributed by atoms with Crippen LogP contribution in [-0.2, 0) is 20.7 Å². The molecule has 2 unspecified atom stereocenters. The molecule has 2 N–H and O–H groups in total. The lowest BCUT2D eigenvalue weighted by Crippen LogP contribution is -2.47. The lowest BCUT2D eigenvalue weighted by Gasteiger charge is -2.29. The molecule has 2 rings (SSSR count). The minimum Gasteiger partial charge on any atom is -0.462 e. The van der Waals surface area contributed by atoms with E-state index in [9.17, 15) is 4.79 Å². The molecule has 1 heterocycles. The fraction of sp³-hybridized carbons (Fsp3) is 0.400. The van der Waals surface area contributed by atoms with Gasteiger partial charge in [-0.2, -0.15) is 0 Å². The summed E-state index contributed by atoms with van der Waals surface area (Å²) in [7, 11) is 3.67. The van der Waals surface area contributed by atoms with Gasteiger partial charge in [0.15, 0.2) is 0 Å². The van der Waals surface area contributed by atoms with E-state index in [0.29, 0.717) is 12.2 Å². The van der Waals surface area contributed by atoms with E-state index in [-0.39, 0.29) is 18.6 Å². The van der Waals surface area contributed by atoms with Crippen LogP contribution in [0.15, 0.2) is 42.4 Å². The summed E-state index contributed by atoms with van der Waals surface area (Å²) in [6.45, 7) is 0.194. The van der Waals surface area contributed by atoms with Gasteiger partial charge in [-0.1, -0.05) is 30.3 Å². The van der Waals surface area contributed by atoms with Crippen molar-refractivity contribution in [2.45, 2.75) is 12.5 Å². The average Bonchev–Trinajstić information content (AvgIpc) is 2.92. The lowest BCUT2D eigenvalue weighted by molar-refractivity contribution is -0.124. The molecule has 0 spiro atoms. The Labute approximate surface area is 119 Å². The van der Waals surface area contributed by atoms with Crippen LogP contribution in [0.4, 0.5) is 0 Å². The molecular weight excluding hydrogens is 256 g/mol. The van der Waals surface area contributed by atoms with Crippen LogP contribution in [0.2, 0.25) is 0 Å². The number of nitrogens with two attached hydrogens (primary N) is 1. The summed E-state index contributed by atoms with van der Waals surface area (Å²) in [5.74, 6) is 0.145. The number of amides is 1. The summed E-state index contributed by atoms with van der Waals surface area (Å²) in [6, 6.07) is 9.52.